The van der Waals surface area contributed by atoms with E-state index >= 15 is 0 Å². The van der Waals surface area contributed by atoms with Crippen LogP contribution >= 0.6 is 0 Å². The molecule has 21 heavy (non-hydrogen) atoms. The van der Waals surface area contributed by atoms with Crippen LogP contribution in [0.5, 0.6) is 0 Å². The molecule has 1 heterocycles. The van der Waals surface area contributed by atoms with Crippen LogP contribution in [-0.4, -0.2) is 50.9 Å². The van der Waals surface area contributed by atoms with Crippen molar-refractivity contribution in [2.75, 3.05) is 49.6 Å². The Hall–Kier alpha value is -2.03. The van der Waals surface area contributed by atoms with E-state index in [0.29, 0.717) is 43.4 Å². The number of carbonyl (C=O) groups excluding carboxylic acids is 1. The fourth-order valence-corrected chi connectivity index (χ4v) is 1.92. The Kier molecular flexibility index (Phi) is 5.61. The van der Waals surface area contributed by atoms with E-state index in [1.54, 1.807) is 18.2 Å². The smallest absolute Gasteiger partial charge is 0.411 e. The lowest BCUT2D eigenvalue weighted by Gasteiger charge is -2.24. The molecule has 0 bridgehead atoms. The van der Waals surface area contributed by atoms with Crippen LogP contribution in [-0.2, 0) is 14.2 Å². The van der Waals surface area contributed by atoms with Crippen molar-refractivity contribution in [3.63, 3.8) is 0 Å². The van der Waals surface area contributed by atoms with Crippen molar-refractivity contribution in [3.05, 3.63) is 18.2 Å². The minimum absolute atomic E-state index is 0.0295. The topological polar surface area (TPSA) is 101 Å². The molecule has 1 fully saturated rings. The van der Waals surface area contributed by atoms with Gasteiger partial charge >= 0.3 is 6.09 Å². The molecular formula is C13H19N3O5. The maximum Gasteiger partial charge on any atom is 0.411 e. The normalized spacial score (nSPS) is 17.9. The summed E-state index contributed by atoms with van der Waals surface area (Å²) >= 11 is 0. The SMILES string of the molecule is COC(=O)Nc1ccc(NCC2COCCO2)c(NO)c1. The van der Waals surface area contributed by atoms with E-state index in [2.05, 4.69) is 20.9 Å². The van der Waals surface area contributed by atoms with Crippen LogP contribution in [0.2, 0.25) is 0 Å². The van der Waals surface area contributed by atoms with Crippen LogP contribution < -0.4 is 16.1 Å². The summed E-state index contributed by atoms with van der Waals surface area (Å²) in [5, 5.41) is 14.9. The van der Waals surface area contributed by atoms with Gasteiger partial charge in [-0.3, -0.25) is 16.0 Å². The van der Waals surface area contributed by atoms with Crippen molar-refractivity contribution in [2.24, 2.45) is 0 Å². The Morgan fingerprint density at radius 3 is 2.95 bits per heavy atom. The van der Waals surface area contributed by atoms with Gasteiger partial charge in [-0.1, -0.05) is 0 Å². The molecule has 116 valence electrons. The molecule has 1 aromatic rings. The highest BCUT2D eigenvalue weighted by Crippen LogP contribution is 2.25. The summed E-state index contributed by atoms with van der Waals surface area (Å²) < 4.78 is 15.3. The maximum atomic E-state index is 11.1. The fraction of sp³-hybridized carbons (Fsp3) is 0.462. The van der Waals surface area contributed by atoms with Gasteiger partial charge in [-0.2, -0.15) is 0 Å². The van der Waals surface area contributed by atoms with Gasteiger partial charge in [-0.25, -0.2) is 4.79 Å². The van der Waals surface area contributed by atoms with Crippen LogP contribution in [0.4, 0.5) is 21.9 Å². The van der Waals surface area contributed by atoms with Crippen molar-refractivity contribution in [2.45, 2.75) is 6.10 Å². The summed E-state index contributed by atoms with van der Waals surface area (Å²) in [5.74, 6) is 0. The second kappa shape index (κ2) is 7.67. The maximum absolute atomic E-state index is 11.1. The van der Waals surface area contributed by atoms with Crippen molar-refractivity contribution in [3.8, 4) is 0 Å². The average Bonchev–Trinajstić information content (AvgIpc) is 2.54. The first-order chi connectivity index (χ1) is 10.2. The molecule has 1 saturated heterocycles. The highest BCUT2D eigenvalue weighted by molar-refractivity contribution is 5.86. The van der Waals surface area contributed by atoms with Gasteiger partial charge in [0.05, 0.1) is 44.4 Å². The number of methoxy groups -OCH3 is 1. The van der Waals surface area contributed by atoms with Gasteiger partial charge in [0, 0.05) is 12.2 Å². The summed E-state index contributed by atoms with van der Waals surface area (Å²) in [4.78, 5) is 11.1. The number of anilines is 3. The van der Waals surface area contributed by atoms with Crippen molar-refractivity contribution < 1.29 is 24.2 Å². The Morgan fingerprint density at radius 2 is 2.29 bits per heavy atom. The number of hydrogen-bond donors (Lipinski definition) is 4. The van der Waals surface area contributed by atoms with E-state index in [4.69, 9.17) is 9.47 Å². The molecule has 0 saturated carbocycles. The number of rotatable bonds is 5. The van der Waals surface area contributed by atoms with Gasteiger partial charge in [-0.15, -0.1) is 0 Å². The van der Waals surface area contributed by atoms with Gasteiger partial charge < -0.3 is 19.5 Å². The predicted octanol–water partition coefficient (Wildman–Crippen LogP) is 1.49. The molecule has 2 rings (SSSR count). The molecule has 1 unspecified atom stereocenters. The molecule has 1 atom stereocenters. The van der Waals surface area contributed by atoms with Gasteiger partial charge in [0.2, 0.25) is 0 Å². The van der Waals surface area contributed by atoms with Crippen LogP contribution in [0.1, 0.15) is 0 Å². The summed E-state index contributed by atoms with van der Waals surface area (Å²) in [6.45, 7) is 2.29. The summed E-state index contributed by atoms with van der Waals surface area (Å²) in [5.41, 5.74) is 3.70. The zero-order valence-electron chi connectivity index (χ0n) is 11.7. The molecule has 0 aromatic heterocycles. The predicted molar refractivity (Wildman–Crippen MR) is 76.9 cm³/mol. The lowest BCUT2D eigenvalue weighted by molar-refractivity contribution is -0.0818. The largest absolute Gasteiger partial charge is 0.453 e. The van der Waals surface area contributed by atoms with E-state index in [1.165, 1.54) is 7.11 Å². The van der Waals surface area contributed by atoms with Crippen LogP contribution in [0.25, 0.3) is 0 Å². The fourth-order valence-electron chi connectivity index (χ4n) is 1.92. The van der Waals surface area contributed by atoms with Gasteiger partial charge in [0.1, 0.15) is 0 Å². The lowest BCUT2D eigenvalue weighted by atomic mass is 10.2. The molecule has 1 aliphatic heterocycles. The van der Waals surface area contributed by atoms with E-state index in [0.717, 1.165) is 0 Å². The number of hydrogen-bond acceptors (Lipinski definition) is 7. The van der Waals surface area contributed by atoms with Gasteiger partial charge in [0.25, 0.3) is 0 Å². The quantitative estimate of drug-likeness (QED) is 0.611. The Bertz CT molecular complexity index is 477. The highest BCUT2D eigenvalue weighted by Gasteiger charge is 2.14. The number of ether oxygens (including phenoxy) is 3. The standard InChI is InChI=1S/C13H19N3O5/c1-19-13(17)15-9-2-3-11(12(6-9)16-18)14-7-10-8-20-4-5-21-10/h2-3,6,10,14,16,18H,4-5,7-8H2,1H3,(H,15,17). The van der Waals surface area contributed by atoms with Crippen molar-refractivity contribution >= 4 is 23.2 Å². The molecule has 1 amide bonds. The molecular weight excluding hydrogens is 278 g/mol. The van der Waals surface area contributed by atoms with E-state index in [1.807, 2.05) is 0 Å². The van der Waals surface area contributed by atoms with Gasteiger partial charge in [-0.05, 0) is 18.2 Å². The molecule has 4 N–H and O–H groups in total. The third-order valence-electron chi connectivity index (χ3n) is 2.98. The zero-order chi connectivity index (χ0) is 15.1. The van der Waals surface area contributed by atoms with E-state index < -0.39 is 6.09 Å². The summed E-state index contributed by atoms with van der Waals surface area (Å²) in [7, 11) is 1.28. The van der Waals surface area contributed by atoms with E-state index in [-0.39, 0.29) is 6.10 Å². The summed E-state index contributed by atoms with van der Waals surface area (Å²) in [6, 6.07) is 5.00. The average molecular weight is 297 g/mol. The molecule has 0 spiro atoms. The first-order valence-corrected chi connectivity index (χ1v) is 6.55. The molecule has 0 radical (unpaired) electrons. The molecule has 0 aliphatic carbocycles. The van der Waals surface area contributed by atoms with Crippen molar-refractivity contribution in [1.29, 1.82) is 0 Å². The molecule has 8 heteroatoms. The monoisotopic (exact) mass is 297 g/mol. The minimum atomic E-state index is -0.577. The molecule has 8 nitrogen and oxygen atoms in total. The first-order valence-electron chi connectivity index (χ1n) is 6.55. The summed E-state index contributed by atoms with van der Waals surface area (Å²) in [6.07, 6.45) is -0.606. The van der Waals surface area contributed by atoms with Crippen LogP contribution in [0, 0.1) is 0 Å². The Morgan fingerprint density at radius 1 is 1.43 bits per heavy atom. The van der Waals surface area contributed by atoms with Gasteiger partial charge in [0.15, 0.2) is 0 Å². The van der Waals surface area contributed by atoms with Crippen molar-refractivity contribution in [1.82, 2.24) is 0 Å². The Labute approximate surface area is 122 Å². The number of nitrogens with one attached hydrogen (secondary N) is 3. The molecule has 1 aliphatic rings. The molecule has 1 aromatic carbocycles. The number of carbonyl (C=O) groups is 1. The third kappa shape index (κ3) is 4.48. The second-order valence-corrected chi connectivity index (χ2v) is 4.44. The van der Waals surface area contributed by atoms with Crippen LogP contribution in [0.3, 0.4) is 0 Å². The van der Waals surface area contributed by atoms with Crippen LogP contribution in [0.15, 0.2) is 18.2 Å². The number of amides is 1. The highest BCUT2D eigenvalue weighted by atomic mass is 16.6. The zero-order valence-corrected chi connectivity index (χ0v) is 11.7. The number of benzene rings is 1. The van der Waals surface area contributed by atoms with E-state index in [9.17, 15) is 10.0 Å². The first kappa shape index (κ1) is 15.4. The third-order valence-corrected chi connectivity index (χ3v) is 2.98. The minimum Gasteiger partial charge on any atom is -0.453 e. The Balaban J connectivity index is 1.96. The lowest BCUT2D eigenvalue weighted by Crippen LogP contribution is -2.34. The second-order valence-electron chi connectivity index (χ2n) is 4.44.